The first-order valence-corrected chi connectivity index (χ1v) is 7.65. The van der Waals surface area contributed by atoms with E-state index in [0.717, 1.165) is 16.3 Å². The smallest absolute Gasteiger partial charge is 0.123 e. The van der Waals surface area contributed by atoms with E-state index in [1.807, 2.05) is 31.3 Å². The van der Waals surface area contributed by atoms with Crippen LogP contribution in [0.3, 0.4) is 0 Å². The molecule has 2 heterocycles. The summed E-state index contributed by atoms with van der Waals surface area (Å²) in [5, 5.41) is 2.18. The number of hydrogen-bond donors (Lipinski definition) is 0. The first-order valence-electron chi connectivity index (χ1n) is 6.83. The van der Waals surface area contributed by atoms with Gasteiger partial charge >= 0.3 is 0 Å². The third-order valence-corrected chi connectivity index (χ3v) is 4.65. The minimum Gasteiger partial charge on any atom is -0.256 e. The molecule has 0 saturated carbocycles. The Bertz CT molecular complexity index is 829. The van der Waals surface area contributed by atoms with Crippen LogP contribution in [0, 0.1) is 6.92 Å². The largest absolute Gasteiger partial charge is 0.256 e. The van der Waals surface area contributed by atoms with Gasteiger partial charge in [0.05, 0.1) is 5.69 Å². The summed E-state index contributed by atoms with van der Waals surface area (Å²) in [6, 6.07) is 10.3. The van der Waals surface area contributed by atoms with E-state index in [1.165, 1.54) is 21.2 Å². The highest BCUT2D eigenvalue weighted by atomic mass is 32.1. The van der Waals surface area contributed by atoms with Crippen LogP contribution in [-0.2, 0) is 0 Å². The van der Waals surface area contributed by atoms with Gasteiger partial charge in [-0.05, 0) is 38.3 Å². The summed E-state index contributed by atoms with van der Waals surface area (Å²) < 4.78 is 1.23. The average Bonchev–Trinajstić information content (AvgIpc) is 2.86. The van der Waals surface area contributed by atoms with E-state index in [0.29, 0.717) is 0 Å². The van der Waals surface area contributed by atoms with E-state index in [1.54, 1.807) is 11.3 Å². The van der Waals surface area contributed by atoms with Crippen molar-refractivity contribution >= 4 is 39.2 Å². The second kappa shape index (κ2) is 5.62. The number of allylic oxidation sites excluding steroid dienone is 1. The van der Waals surface area contributed by atoms with Crippen LogP contribution < -0.4 is 0 Å². The Morgan fingerprint density at radius 1 is 1.24 bits per heavy atom. The molecule has 2 nitrogen and oxygen atoms in total. The van der Waals surface area contributed by atoms with E-state index in [9.17, 15) is 0 Å². The van der Waals surface area contributed by atoms with Gasteiger partial charge in [0.1, 0.15) is 5.00 Å². The molecule has 0 atom stereocenters. The second-order valence-corrected chi connectivity index (χ2v) is 5.83. The lowest BCUT2D eigenvalue weighted by Crippen LogP contribution is -1.86. The Balaban J connectivity index is 2.40. The third-order valence-electron chi connectivity index (χ3n) is 3.48. The lowest BCUT2D eigenvalue weighted by Gasteiger charge is -2.06. The summed E-state index contributed by atoms with van der Waals surface area (Å²) in [4.78, 5) is 8.70. The summed E-state index contributed by atoms with van der Waals surface area (Å²) in [5.74, 6) is 0. The SMILES string of the molecule is C=Nc1sc2c(-c3ccccn3)c(C)ccc2c1/C=C\C. The van der Waals surface area contributed by atoms with Crippen molar-refractivity contribution in [3.8, 4) is 11.3 Å². The number of fused-ring (bicyclic) bond motifs is 1. The number of aryl methyl sites for hydroxylation is 1. The predicted octanol–water partition coefficient (Wildman–Crippen LogP) is 5.64. The van der Waals surface area contributed by atoms with Crippen molar-refractivity contribution < 1.29 is 0 Å². The zero-order chi connectivity index (χ0) is 14.8. The van der Waals surface area contributed by atoms with Gasteiger partial charge in [-0.1, -0.05) is 30.4 Å². The van der Waals surface area contributed by atoms with E-state index in [-0.39, 0.29) is 0 Å². The van der Waals surface area contributed by atoms with Gasteiger partial charge in [-0.25, -0.2) is 0 Å². The molecule has 0 N–H and O–H groups in total. The van der Waals surface area contributed by atoms with Gasteiger partial charge in [0, 0.05) is 27.4 Å². The highest BCUT2D eigenvalue weighted by Crippen LogP contribution is 2.43. The van der Waals surface area contributed by atoms with Crippen molar-refractivity contribution in [2.24, 2.45) is 4.99 Å². The van der Waals surface area contributed by atoms with Gasteiger partial charge in [-0.3, -0.25) is 9.98 Å². The minimum absolute atomic E-state index is 0.964. The van der Waals surface area contributed by atoms with Crippen LogP contribution in [0.2, 0.25) is 0 Å². The maximum atomic E-state index is 4.51. The summed E-state index contributed by atoms with van der Waals surface area (Å²) in [6.45, 7) is 7.85. The molecule has 0 aliphatic rings. The van der Waals surface area contributed by atoms with E-state index < -0.39 is 0 Å². The molecule has 3 rings (SSSR count). The number of nitrogens with zero attached hydrogens (tertiary/aromatic N) is 2. The molecule has 0 spiro atoms. The quantitative estimate of drug-likeness (QED) is 0.574. The molecule has 0 fully saturated rings. The fourth-order valence-corrected chi connectivity index (χ4v) is 3.74. The number of thiophene rings is 1. The lowest BCUT2D eigenvalue weighted by molar-refractivity contribution is 1.32. The molecule has 0 radical (unpaired) electrons. The van der Waals surface area contributed by atoms with Gasteiger partial charge < -0.3 is 0 Å². The van der Waals surface area contributed by atoms with E-state index in [4.69, 9.17) is 0 Å². The number of pyridine rings is 1. The molecular weight excluding hydrogens is 276 g/mol. The van der Waals surface area contributed by atoms with Crippen molar-refractivity contribution in [2.45, 2.75) is 13.8 Å². The molecule has 0 bridgehead atoms. The van der Waals surface area contributed by atoms with Crippen LogP contribution in [0.5, 0.6) is 0 Å². The fraction of sp³-hybridized carbons (Fsp3) is 0.111. The summed E-state index contributed by atoms with van der Waals surface area (Å²) in [7, 11) is 0. The molecule has 21 heavy (non-hydrogen) atoms. The van der Waals surface area contributed by atoms with E-state index in [2.05, 4.69) is 47.9 Å². The first-order chi connectivity index (χ1) is 10.3. The molecule has 0 amide bonds. The van der Waals surface area contributed by atoms with Crippen LogP contribution in [0.15, 0.2) is 47.6 Å². The van der Waals surface area contributed by atoms with Gasteiger partial charge in [0.25, 0.3) is 0 Å². The van der Waals surface area contributed by atoms with Crippen molar-refractivity contribution in [3.63, 3.8) is 0 Å². The Labute approximate surface area is 128 Å². The van der Waals surface area contributed by atoms with Crippen LogP contribution in [-0.4, -0.2) is 11.7 Å². The maximum Gasteiger partial charge on any atom is 0.123 e. The Morgan fingerprint density at radius 3 is 2.76 bits per heavy atom. The van der Waals surface area contributed by atoms with Crippen LogP contribution in [0.25, 0.3) is 27.4 Å². The van der Waals surface area contributed by atoms with Crippen molar-refractivity contribution in [1.29, 1.82) is 0 Å². The zero-order valence-electron chi connectivity index (χ0n) is 12.1. The van der Waals surface area contributed by atoms with Crippen molar-refractivity contribution in [3.05, 3.63) is 53.7 Å². The molecule has 0 aliphatic carbocycles. The zero-order valence-corrected chi connectivity index (χ0v) is 12.9. The highest BCUT2D eigenvalue weighted by molar-refractivity contribution is 7.23. The Morgan fingerprint density at radius 2 is 2.10 bits per heavy atom. The topological polar surface area (TPSA) is 25.2 Å². The lowest BCUT2D eigenvalue weighted by atomic mass is 10.0. The number of hydrogen-bond acceptors (Lipinski definition) is 3. The van der Waals surface area contributed by atoms with Crippen LogP contribution in [0.1, 0.15) is 18.1 Å². The Kier molecular flexibility index (Phi) is 3.67. The third kappa shape index (κ3) is 2.30. The summed E-state index contributed by atoms with van der Waals surface area (Å²) >= 11 is 1.68. The molecule has 1 aromatic carbocycles. The molecule has 0 aliphatic heterocycles. The molecule has 2 aromatic heterocycles. The highest BCUT2D eigenvalue weighted by Gasteiger charge is 2.15. The first kappa shape index (κ1) is 13.7. The van der Waals surface area contributed by atoms with Crippen LogP contribution in [0.4, 0.5) is 5.00 Å². The number of benzene rings is 1. The van der Waals surface area contributed by atoms with Gasteiger partial charge in [0.15, 0.2) is 0 Å². The average molecular weight is 292 g/mol. The monoisotopic (exact) mass is 292 g/mol. The standard InChI is InChI=1S/C18H16N2S/c1-4-7-14-13-10-9-12(2)16(15-8-5-6-11-20-15)17(13)21-18(14)19-3/h4-11H,3H2,1-2H3/b7-4-. The molecule has 0 unspecified atom stereocenters. The normalized spacial score (nSPS) is 11.3. The Hall–Kier alpha value is -2.26. The molecule has 104 valence electrons. The van der Waals surface area contributed by atoms with Gasteiger partial charge in [0.2, 0.25) is 0 Å². The summed E-state index contributed by atoms with van der Waals surface area (Å²) in [5.41, 5.74) is 4.57. The maximum absolute atomic E-state index is 4.51. The molecule has 3 aromatic rings. The second-order valence-electron chi connectivity index (χ2n) is 4.83. The van der Waals surface area contributed by atoms with E-state index >= 15 is 0 Å². The number of rotatable bonds is 3. The predicted molar refractivity (Wildman–Crippen MR) is 93.7 cm³/mol. The van der Waals surface area contributed by atoms with Crippen molar-refractivity contribution in [2.75, 3.05) is 0 Å². The van der Waals surface area contributed by atoms with Gasteiger partial charge in [-0.15, -0.1) is 11.3 Å². The molecule has 3 heteroatoms. The van der Waals surface area contributed by atoms with Gasteiger partial charge in [-0.2, -0.15) is 0 Å². The molecular formula is C18H16N2S. The van der Waals surface area contributed by atoms with Crippen LogP contribution >= 0.6 is 11.3 Å². The van der Waals surface area contributed by atoms with Crippen molar-refractivity contribution in [1.82, 2.24) is 4.98 Å². The number of aromatic nitrogens is 1. The fourth-order valence-electron chi connectivity index (χ4n) is 2.54. The molecule has 0 saturated heterocycles. The minimum atomic E-state index is 0.964. The summed E-state index contributed by atoms with van der Waals surface area (Å²) in [6.07, 6.45) is 5.97. The number of aliphatic imine (C=N–C) groups is 1.